The third kappa shape index (κ3) is 2.03. The molecule has 0 saturated carbocycles. The summed E-state index contributed by atoms with van der Waals surface area (Å²) in [6.07, 6.45) is 7.94. The Morgan fingerprint density at radius 1 is 1.55 bits per heavy atom. The molecule has 0 aromatic carbocycles. The molecule has 1 aromatic rings. The molecule has 20 heavy (non-hydrogen) atoms. The fraction of sp³-hybridized carbons (Fsp3) is 0.625. The number of aliphatic hydroxyl groups is 1. The van der Waals surface area contributed by atoms with Gasteiger partial charge in [0.05, 0.1) is 13.0 Å². The summed E-state index contributed by atoms with van der Waals surface area (Å²) >= 11 is 0. The zero-order valence-electron chi connectivity index (χ0n) is 12.0. The second-order valence-electron chi connectivity index (χ2n) is 6.16. The lowest BCUT2D eigenvalue weighted by molar-refractivity contribution is -0.132. The Morgan fingerprint density at radius 3 is 3.00 bits per heavy atom. The Morgan fingerprint density at radius 2 is 2.40 bits per heavy atom. The standard InChI is InChI=1S/C16H22N2O2/c1-2-16(11-19)9-13-5-6-14(16)18(13)15(20)8-12-4-3-7-17-10-12/h3-4,7,10,13-14,19H,2,5-6,8-9,11H2,1H3/t13-,14+,16-/m1/s1. The summed E-state index contributed by atoms with van der Waals surface area (Å²) in [6.45, 7) is 2.32. The molecule has 2 aliphatic rings. The molecule has 3 heterocycles. The molecule has 0 radical (unpaired) electrons. The first-order valence-electron chi connectivity index (χ1n) is 7.51. The molecule has 0 aliphatic carbocycles. The van der Waals surface area contributed by atoms with Crippen LogP contribution in [0.25, 0.3) is 0 Å². The van der Waals surface area contributed by atoms with Crippen molar-refractivity contribution in [3.05, 3.63) is 30.1 Å². The molecule has 2 saturated heterocycles. The van der Waals surface area contributed by atoms with E-state index in [1.54, 1.807) is 12.4 Å². The van der Waals surface area contributed by atoms with Crippen LogP contribution < -0.4 is 0 Å². The van der Waals surface area contributed by atoms with Crippen molar-refractivity contribution in [1.82, 2.24) is 9.88 Å². The van der Waals surface area contributed by atoms with Gasteiger partial charge in [-0.15, -0.1) is 0 Å². The number of aromatic nitrogens is 1. The summed E-state index contributed by atoms with van der Waals surface area (Å²) in [7, 11) is 0. The highest BCUT2D eigenvalue weighted by Gasteiger charge is 2.55. The summed E-state index contributed by atoms with van der Waals surface area (Å²) in [6, 6.07) is 4.37. The zero-order chi connectivity index (χ0) is 14.2. The maximum Gasteiger partial charge on any atom is 0.227 e. The van der Waals surface area contributed by atoms with Crippen LogP contribution in [0.3, 0.4) is 0 Å². The van der Waals surface area contributed by atoms with E-state index in [0.717, 1.165) is 31.2 Å². The smallest absolute Gasteiger partial charge is 0.227 e. The fourth-order valence-corrected chi connectivity index (χ4v) is 4.10. The normalized spacial score (nSPS) is 31.8. The van der Waals surface area contributed by atoms with Crippen molar-refractivity contribution in [3.63, 3.8) is 0 Å². The highest BCUT2D eigenvalue weighted by atomic mass is 16.3. The van der Waals surface area contributed by atoms with Crippen molar-refractivity contribution < 1.29 is 9.90 Å². The molecule has 1 amide bonds. The van der Waals surface area contributed by atoms with Crippen LogP contribution in [0, 0.1) is 5.41 Å². The van der Waals surface area contributed by atoms with Crippen molar-refractivity contribution >= 4 is 5.91 Å². The van der Waals surface area contributed by atoms with E-state index in [1.165, 1.54) is 0 Å². The van der Waals surface area contributed by atoms with Crippen molar-refractivity contribution in [1.29, 1.82) is 0 Å². The number of rotatable bonds is 4. The molecule has 1 N–H and O–H groups in total. The van der Waals surface area contributed by atoms with Crippen LogP contribution in [-0.4, -0.2) is 39.6 Å². The number of hydrogen-bond acceptors (Lipinski definition) is 3. The van der Waals surface area contributed by atoms with Crippen LogP contribution >= 0.6 is 0 Å². The minimum absolute atomic E-state index is 0.0620. The van der Waals surface area contributed by atoms with Crippen molar-refractivity contribution in [2.45, 2.75) is 51.1 Å². The molecule has 108 valence electrons. The van der Waals surface area contributed by atoms with Crippen molar-refractivity contribution in [2.75, 3.05) is 6.61 Å². The number of nitrogens with zero attached hydrogens (tertiary/aromatic N) is 2. The lowest BCUT2D eigenvalue weighted by atomic mass is 9.72. The second kappa shape index (κ2) is 5.17. The van der Waals surface area contributed by atoms with E-state index in [-0.39, 0.29) is 24.0 Å². The molecule has 2 fully saturated rings. The summed E-state index contributed by atoms with van der Waals surface area (Å²) in [5.74, 6) is 0.189. The molecule has 3 rings (SSSR count). The fourth-order valence-electron chi connectivity index (χ4n) is 4.10. The number of pyridine rings is 1. The maximum absolute atomic E-state index is 12.6. The number of aliphatic hydroxyl groups excluding tert-OH is 1. The van der Waals surface area contributed by atoms with Crippen LogP contribution in [-0.2, 0) is 11.2 Å². The molecule has 4 nitrogen and oxygen atoms in total. The average Bonchev–Trinajstić information content (AvgIpc) is 3.04. The molecule has 2 bridgehead atoms. The highest BCUT2D eigenvalue weighted by Crippen LogP contribution is 2.51. The Hall–Kier alpha value is -1.42. The van der Waals surface area contributed by atoms with Crippen LogP contribution in [0.15, 0.2) is 24.5 Å². The number of fused-ring (bicyclic) bond motifs is 2. The van der Waals surface area contributed by atoms with Crippen molar-refractivity contribution in [2.24, 2.45) is 5.41 Å². The SMILES string of the molecule is CC[C@]1(CO)C[C@H]2CC[C@@H]1N2C(=O)Cc1cccnc1. The van der Waals surface area contributed by atoms with Gasteiger partial charge >= 0.3 is 0 Å². The lowest BCUT2D eigenvalue weighted by Gasteiger charge is -2.34. The Kier molecular flexibility index (Phi) is 3.50. The van der Waals surface area contributed by atoms with E-state index in [1.807, 2.05) is 12.1 Å². The van der Waals surface area contributed by atoms with E-state index >= 15 is 0 Å². The number of carbonyl (C=O) groups is 1. The second-order valence-corrected chi connectivity index (χ2v) is 6.16. The van der Waals surface area contributed by atoms with Gasteiger partial charge in [0.1, 0.15) is 0 Å². The van der Waals surface area contributed by atoms with Gasteiger partial charge in [0.15, 0.2) is 0 Å². The summed E-state index contributed by atoms with van der Waals surface area (Å²) in [5, 5.41) is 9.78. The molecule has 1 aromatic heterocycles. The van der Waals surface area contributed by atoms with Gasteiger partial charge in [-0.1, -0.05) is 13.0 Å². The third-order valence-electron chi connectivity index (χ3n) is 5.24. The van der Waals surface area contributed by atoms with E-state index in [4.69, 9.17) is 0 Å². The van der Waals surface area contributed by atoms with E-state index < -0.39 is 0 Å². The average molecular weight is 274 g/mol. The summed E-state index contributed by atoms with van der Waals surface area (Å²) in [4.78, 5) is 18.7. The van der Waals surface area contributed by atoms with Crippen molar-refractivity contribution in [3.8, 4) is 0 Å². The van der Waals surface area contributed by atoms with Gasteiger partial charge in [0, 0.05) is 29.9 Å². The molecular weight excluding hydrogens is 252 g/mol. The topological polar surface area (TPSA) is 53.4 Å². The monoisotopic (exact) mass is 274 g/mol. The van der Waals surface area contributed by atoms with Crippen LogP contribution in [0.2, 0.25) is 0 Å². The van der Waals surface area contributed by atoms with Crippen LogP contribution in [0.4, 0.5) is 0 Å². The Balaban J connectivity index is 1.76. The van der Waals surface area contributed by atoms with Crippen LogP contribution in [0.1, 0.15) is 38.2 Å². The largest absolute Gasteiger partial charge is 0.396 e. The van der Waals surface area contributed by atoms with Gasteiger partial charge in [-0.25, -0.2) is 0 Å². The maximum atomic E-state index is 12.6. The zero-order valence-corrected chi connectivity index (χ0v) is 12.0. The van der Waals surface area contributed by atoms with Gasteiger partial charge < -0.3 is 10.0 Å². The molecule has 0 unspecified atom stereocenters. The van der Waals surface area contributed by atoms with Gasteiger partial charge in [0.25, 0.3) is 0 Å². The number of hydrogen-bond donors (Lipinski definition) is 1. The Labute approximate surface area is 119 Å². The Bertz CT molecular complexity index is 485. The first kappa shape index (κ1) is 13.6. The van der Waals surface area contributed by atoms with Gasteiger partial charge in [-0.3, -0.25) is 9.78 Å². The molecule has 3 atom stereocenters. The highest BCUT2D eigenvalue weighted by molar-refractivity contribution is 5.80. The predicted molar refractivity (Wildman–Crippen MR) is 76.0 cm³/mol. The first-order chi connectivity index (χ1) is 9.70. The lowest BCUT2D eigenvalue weighted by Crippen LogP contribution is -2.42. The number of carbonyl (C=O) groups excluding carboxylic acids is 1. The summed E-state index contributed by atoms with van der Waals surface area (Å²) in [5.41, 5.74) is 0.906. The molecule has 4 heteroatoms. The molecule has 0 spiro atoms. The van der Waals surface area contributed by atoms with E-state index in [0.29, 0.717) is 12.5 Å². The van der Waals surface area contributed by atoms with Crippen LogP contribution in [0.5, 0.6) is 0 Å². The minimum atomic E-state index is -0.0620. The van der Waals surface area contributed by atoms with Gasteiger partial charge in [-0.05, 0) is 37.3 Å². The predicted octanol–water partition coefficient (Wildman–Crippen LogP) is 1.78. The number of amides is 1. The van der Waals surface area contributed by atoms with E-state index in [2.05, 4.69) is 16.8 Å². The van der Waals surface area contributed by atoms with Gasteiger partial charge in [0.2, 0.25) is 5.91 Å². The molecular formula is C16H22N2O2. The van der Waals surface area contributed by atoms with E-state index in [9.17, 15) is 9.90 Å². The quantitative estimate of drug-likeness (QED) is 0.910. The summed E-state index contributed by atoms with van der Waals surface area (Å²) < 4.78 is 0. The minimum Gasteiger partial charge on any atom is -0.396 e. The van der Waals surface area contributed by atoms with Gasteiger partial charge in [-0.2, -0.15) is 0 Å². The third-order valence-corrected chi connectivity index (χ3v) is 5.24. The first-order valence-corrected chi connectivity index (χ1v) is 7.51. The molecule has 2 aliphatic heterocycles.